The number of hydrogen-bond donors (Lipinski definition) is 2. The summed E-state index contributed by atoms with van der Waals surface area (Å²) < 4.78 is 45.3. The summed E-state index contributed by atoms with van der Waals surface area (Å²) >= 11 is 0. The molecule has 7 nitrogen and oxygen atoms in total. The van der Waals surface area contributed by atoms with Gasteiger partial charge in [-0.3, -0.25) is 9.52 Å². The molecular weight excluding hydrogens is 363 g/mol. The molecule has 0 radical (unpaired) electrons. The van der Waals surface area contributed by atoms with E-state index in [1.54, 1.807) is 6.92 Å². The number of ether oxygens (including phenoxy) is 1. The molecule has 2 aromatic rings. The molecule has 9 heteroatoms. The van der Waals surface area contributed by atoms with Crippen molar-refractivity contribution >= 4 is 27.6 Å². The van der Waals surface area contributed by atoms with E-state index in [1.807, 2.05) is 0 Å². The second kappa shape index (κ2) is 7.52. The Hall–Kier alpha value is -2.94. The van der Waals surface area contributed by atoms with Crippen LogP contribution in [-0.4, -0.2) is 26.4 Å². The maximum absolute atomic E-state index is 12.9. The molecule has 26 heavy (non-hydrogen) atoms. The van der Waals surface area contributed by atoms with Gasteiger partial charge in [0.1, 0.15) is 5.82 Å². The van der Waals surface area contributed by atoms with E-state index >= 15 is 0 Å². The minimum absolute atomic E-state index is 0.0526. The highest BCUT2D eigenvalue weighted by Crippen LogP contribution is 2.21. The van der Waals surface area contributed by atoms with Gasteiger partial charge in [0.15, 0.2) is 6.10 Å². The number of primary amides is 1. The molecule has 138 valence electrons. The minimum atomic E-state index is -4.03. The zero-order valence-electron chi connectivity index (χ0n) is 14.0. The van der Waals surface area contributed by atoms with E-state index in [1.165, 1.54) is 31.2 Å². The van der Waals surface area contributed by atoms with Gasteiger partial charge in [0.05, 0.1) is 10.5 Å². The first-order valence-corrected chi connectivity index (χ1v) is 8.98. The summed E-state index contributed by atoms with van der Waals surface area (Å²) in [4.78, 5) is 22.9. The molecule has 0 aliphatic heterocycles. The number of halogens is 1. The Kier molecular flexibility index (Phi) is 5.61. The molecule has 0 spiro atoms. The SMILES string of the molecule is Cc1ccc(C(=O)O[C@H](C)C(N)=O)cc1S(=O)(=O)Nc1ccc(F)cc1. The highest BCUT2D eigenvalue weighted by Gasteiger charge is 2.22. The average Bonchev–Trinajstić information content (AvgIpc) is 2.56. The molecule has 0 saturated heterocycles. The maximum Gasteiger partial charge on any atom is 0.338 e. The van der Waals surface area contributed by atoms with E-state index in [0.29, 0.717) is 5.56 Å². The van der Waals surface area contributed by atoms with Crippen LogP contribution in [0.5, 0.6) is 0 Å². The van der Waals surface area contributed by atoms with Gasteiger partial charge >= 0.3 is 5.97 Å². The zero-order chi connectivity index (χ0) is 19.5. The number of carbonyl (C=O) groups excluding carboxylic acids is 2. The summed E-state index contributed by atoms with van der Waals surface area (Å²) in [7, 11) is -4.03. The normalized spacial score (nSPS) is 12.3. The first-order valence-electron chi connectivity index (χ1n) is 7.49. The largest absolute Gasteiger partial charge is 0.449 e. The topological polar surface area (TPSA) is 116 Å². The van der Waals surface area contributed by atoms with E-state index < -0.39 is 33.8 Å². The zero-order valence-corrected chi connectivity index (χ0v) is 14.8. The average molecular weight is 380 g/mol. The molecule has 2 aromatic carbocycles. The number of nitrogens with two attached hydrogens (primary N) is 1. The van der Waals surface area contributed by atoms with E-state index in [2.05, 4.69) is 4.72 Å². The Labute approximate surface area is 150 Å². The predicted octanol–water partition coefficient (Wildman–Crippen LogP) is 1.97. The summed E-state index contributed by atoms with van der Waals surface area (Å²) in [5, 5.41) is 0. The Morgan fingerprint density at radius 1 is 1.15 bits per heavy atom. The van der Waals surface area contributed by atoms with Crippen molar-refractivity contribution in [1.82, 2.24) is 0 Å². The van der Waals surface area contributed by atoms with Crippen LogP contribution in [0.15, 0.2) is 47.4 Å². The third-order valence-electron chi connectivity index (χ3n) is 3.49. The van der Waals surface area contributed by atoms with Crippen molar-refractivity contribution in [3.05, 3.63) is 59.4 Å². The van der Waals surface area contributed by atoms with Gasteiger partial charge in [0.25, 0.3) is 15.9 Å². The summed E-state index contributed by atoms with van der Waals surface area (Å²) in [6.45, 7) is 2.86. The molecule has 0 bridgehead atoms. The first kappa shape index (κ1) is 19.4. The number of benzene rings is 2. The fourth-order valence-electron chi connectivity index (χ4n) is 2.03. The van der Waals surface area contributed by atoms with Crippen molar-refractivity contribution in [3.63, 3.8) is 0 Å². The summed E-state index contributed by atoms with van der Waals surface area (Å²) in [6, 6.07) is 8.72. The molecule has 1 amide bonds. The van der Waals surface area contributed by atoms with Crippen LogP contribution in [0.25, 0.3) is 0 Å². The molecule has 0 saturated carbocycles. The number of esters is 1. The maximum atomic E-state index is 12.9. The van der Waals surface area contributed by atoms with Gasteiger partial charge in [-0.1, -0.05) is 6.07 Å². The quantitative estimate of drug-likeness (QED) is 0.744. The van der Waals surface area contributed by atoms with Crippen LogP contribution in [0.3, 0.4) is 0 Å². The Morgan fingerprint density at radius 2 is 1.77 bits per heavy atom. The van der Waals surface area contributed by atoms with Crippen LogP contribution in [-0.2, 0) is 19.6 Å². The van der Waals surface area contributed by atoms with Crippen molar-refractivity contribution in [2.75, 3.05) is 4.72 Å². The van der Waals surface area contributed by atoms with Crippen LogP contribution in [0, 0.1) is 12.7 Å². The second-order valence-electron chi connectivity index (χ2n) is 5.54. The van der Waals surface area contributed by atoms with Gasteiger partial charge in [-0.2, -0.15) is 0 Å². The predicted molar refractivity (Wildman–Crippen MR) is 92.5 cm³/mol. The number of rotatable bonds is 6. The molecule has 0 fully saturated rings. The summed E-state index contributed by atoms with van der Waals surface area (Å²) in [5.74, 6) is -2.21. The Morgan fingerprint density at radius 3 is 2.35 bits per heavy atom. The lowest BCUT2D eigenvalue weighted by atomic mass is 10.1. The van der Waals surface area contributed by atoms with Gasteiger partial charge < -0.3 is 10.5 Å². The number of carbonyl (C=O) groups is 2. The lowest BCUT2D eigenvalue weighted by molar-refractivity contribution is -0.125. The molecule has 0 unspecified atom stereocenters. The number of nitrogens with one attached hydrogen (secondary N) is 1. The van der Waals surface area contributed by atoms with E-state index in [9.17, 15) is 22.4 Å². The molecule has 0 aromatic heterocycles. The van der Waals surface area contributed by atoms with Crippen molar-refractivity contribution in [3.8, 4) is 0 Å². The first-order chi connectivity index (χ1) is 12.1. The van der Waals surface area contributed by atoms with Crippen LogP contribution >= 0.6 is 0 Å². The lowest BCUT2D eigenvalue weighted by Crippen LogP contribution is -2.30. The summed E-state index contributed by atoms with van der Waals surface area (Å²) in [5.41, 5.74) is 5.54. The van der Waals surface area contributed by atoms with Gasteiger partial charge in [-0.25, -0.2) is 17.6 Å². The Bertz CT molecular complexity index is 942. The fourth-order valence-corrected chi connectivity index (χ4v) is 3.36. The van der Waals surface area contributed by atoms with E-state index in [0.717, 1.165) is 18.2 Å². The van der Waals surface area contributed by atoms with Gasteiger partial charge in [0.2, 0.25) is 0 Å². The van der Waals surface area contributed by atoms with Crippen molar-refractivity contribution in [2.45, 2.75) is 24.8 Å². The van der Waals surface area contributed by atoms with E-state index in [4.69, 9.17) is 10.5 Å². The van der Waals surface area contributed by atoms with Crippen LogP contribution < -0.4 is 10.5 Å². The van der Waals surface area contributed by atoms with Crippen molar-refractivity contribution in [1.29, 1.82) is 0 Å². The Balaban J connectivity index is 2.32. The van der Waals surface area contributed by atoms with Crippen molar-refractivity contribution in [2.24, 2.45) is 5.73 Å². The summed E-state index contributed by atoms with van der Waals surface area (Å²) in [6.07, 6.45) is -1.15. The third-order valence-corrected chi connectivity index (χ3v) is 5.02. The number of amides is 1. The number of anilines is 1. The number of hydrogen-bond acceptors (Lipinski definition) is 5. The lowest BCUT2D eigenvalue weighted by Gasteiger charge is -2.13. The number of sulfonamides is 1. The fraction of sp³-hybridized carbons (Fsp3) is 0.176. The van der Waals surface area contributed by atoms with Crippen LogP contribution in [0.1, 0.15) is 22.8 Å². The van der Waals surface area contributed by atoms with Crippen LogP contribution in [0.2, 0.25) is 0 Å². The standard InChI is InChI=1S/C17H17FN2O5S/c1-10-3-4-12(17(22)25-11(2)16(19)21)9-15(10)26(23,24)20-14-7-5-13(18)6-8-14/h3-9,11,20H,1-2H3,(H2,19,21)/t11-/m1/s1. The molecule has 0 aliphatic carbocycles. The molecular formula is C17H17FN2O5S. The second-order valence-corrected chi connectivity index (χ2v) is 7.19. The van der Waals surface area contributed by atoms with Crippen LogP contribution in [0.4, 0.5) is 10.1 Å². The van der Waals surface area contributed by atoms with Gasteiger partial charge in [-0.05, 0) is 55.8 Å². The monoisotopic (exact) mass is 380 g/mol. The smallest absolute Gasteiger partial charge is 0.338 e. The van der Waals surface area contributed by atoms with Crippen molar-refractivity contribution < 1.29 is 27.1 Å². The third kappa shape index (κ3) is 4.57. The molecule has 0 aliphatic rings. The molecule has 3 N–H and O–H groups in total. The van der Waals surface area contributed by atoms with Gasteiger partial charge in [0, 0.05) is 5.69 Å². The van der Waals surface area contributed by atoms with E-state index in [-0.39, 0.29) is 16.1 Å². The molecule has 1 atom stereocenters. The molecule has 2 rings (SSSR count). The number of aryl methyl sites for hydroxylation is 1. The highest BCUT2D eigenvalue weighted by molar-refractivity contribution is 7.92. The minimum Gasteiger partial charge on any atom is -0.449 e. The highest BCUT2D eigenvalue weighted by atomic mass is 32.2. The molecule has 0 heterocycles. The van der Waals surface area contributed by atoms with Gasteiger partial charge in [-0.15, -0.1) is 0 Å².